The van der Waals surface area contributed by atoms with E-state index in [-0.39, 0.29) is 18.3 Å². The zero-order valence-corrected chi connectivity index (χ0v) is 16.3. The molecule has 0 bridgehead atoms. The lowest BCUT2D eigenvalue weighted by molar-refractivity contribution is 0.0770. The van der Waals surface area contributed by atoms with Gasteiger partial charge in [0.2, 0.25) is 5.88 Å². The number of hydrogen-bond acceptors (Lipinski definition) is 7. The molecule has 0 aliphatic carbocycles. The van der Waals surface area contributed by atoms with Crippen molar-refractivity contribution in [1.82, 2.24) is 20.2 Å². The van der Waals surface area contributed by atoms with E-state index in [2.05, 4.69) is 15.3 Å². The van der Waals surface area contributed by atoms with Crippen molar-refractivity contribution in [2.45, 2.75) is 20.0 Å². The van der Waals surface area contributed by atoms with Crippen LogP contribution in [0.4, 0.5) is 0 Å². The molecule has 7 nitrogen and oxygen atoms in total. The maximum Gasteiger partial charge on any atom is 0.264 e. The highest BCUT2D eigenvalue weighted by Gasteiger charge is 2.25. The zero-order chi connectivity index (χ0) is 17.1. The molecule has 1 saturated heterocycles. The molecule has 1 fully saturated rings. The van der Waals surface area contributed by atoms with Crippen LogP contribution in [-0.4, -0.2) is 61.2 Å². The first-order valence-electron chi connectivity index (χ1n) is 7.98. The van der Waals surface area contributed by atoms with E-state index in [0.29, 0.717) is 23.2 Å². The third kappa shape index (κ3) is 4.03. The molecule has 2 aromatic heterocycles. The molecule has 1 amide bonds. The molecule has 25 heavy (non-hydrogen) atoms. The lowest BCUT2D eigenvalue weighted by atomic mass is 10.2. The summed E-state index contributed by atoms with van der Waals surface area (Å²) in [5.41, 5.74) is 0.887. The minimum absolute atomic E-state index is 0. The highest BCUT2D eigenvalue weighted by molar-refractivity contribution is 7.20. The normalized spacial score (nSPS) is 14.9. The Hall–Kier alpha value is -1.48. The molecular formula is C16H23ClN4O3S. The Kier molecular flexibility index (Phi) is 6.95. The van der Waals surface area contributed by atoms with Crippen molar-refractivity contribution in [2.24, 2.45) is 0 Å². The number of rotatable bonds is 4. The van der Waals surface area contributed by atoms with Crippen LogP contribution in [0.25, 0.3) is 10.2 Å². The lowest BCUT2D eigenvalue weighted by Crippen LogP contribution is -2.34. The van der Waals surface area contributed by atoms with Crippen molar-refractivity contribution >= 4 is 39.9 Å². The molecule has 1 aliphatic heterocycles. The summed E-state index contributed by atoms with van der Waals surface area (Å²) in [4.78, 5) is 25.2. The predicted molar refractivity (Wildman–Crippen MR) is 100 cm³/mol. The van der Waals surface area contributed by atoms with E-state index in [1.165, 1.54) is 11.3 Å². The number of nitrogens with zero attached hydrogens (tertiary/aromatic N) is 3. The number of fused-ring (bicyclic) bond motifs is 1. The van der Waals surface area contributed by atoms with Crippen molar-refractivity contribution in [1.29, 1.82) is 0 Å². The largest absolute Gasteiger partial charge is 0.480 e. The zero-order valence-electron chi connectivity index (χ0n) is 14.6. The number of methoxy groups -OCH3 is 2. The monoisotopic (exact) mass is 386 g/mol. The Labute approximate surface area is 157 Å². The third-order valence-electron chi connectivity index (χ3n) is 4.09. The standard InChI is InChI=1S/C16H22N4O3S.ClH/c1-10-12-14(23-3)18-11(9-22-2)19-15(12)24-13(10)16(21)20-7-4-5-17-6-8-20;/h17H,4-9H2,1-3H3;1H. The molecule has 0 atom stereocenters. The van der Waals surface area contributed by atoms with Gasteiger partial charge in [0.15, 0.2) is 5.82 Å². The molecule has 0 saturated carbocycles. The molecule has 0 aromatic carbocycles. The van der Waals surface area contributed by atoms with Crippen LogP contribution in [0.5, 0.6) is 5.88 Å². The fourth-order valence-electron chi connectivity index (χ4n) is 2.88. The lowest BCUT2D eigenvalue weighted by Gasteiger charge is -2.19. The van der Waals surface area contributed by atoms with Gasteiger partial charge in [-0.25, -0.2) is 4.98 Å². The molecule has 3 rings (SSSR count). The number of hydrogen-bond donors (Lipinski definition) is 1. The summed E-state index contributed by atoms with van der Waals surface area (Å²) in [6.45, 7) is 5.53. The number of aromatic nitrogens is 2. The Bertz CT molecular complexity index is 745. The van der Waals surface area contributed by atoms with Gasteiger partial charge in [-0.1, -0.05) is 0 Å². The second kappa shape index (κ2) is 8.75. The Morgan fingerprint density at radius 3 is 2.80 bits per heavy atom. The Balaban J connectivity index is 0.00000225. The third-order valence-corrected chi connectivity index (χ3v) is 5.27. The van der Waals surface area contributed by atoms with Gasteiger partial charge in [0, 0.05) is 26.7 Å². The molecule has 1 aliphatic rings. The van der Waals surface area contributed by atoms with E-state index in [4.69, 9.17) is 9.47 Å². The Morgan fingerprint density at radius 2 is 2.08 bits per heavy atom. The van der Waals surface area contributed by atoms with Gasteiger partial charge in [-0.2, -0.15) is 4.98 Å². The molecular weight excluding hydrogens is 364 g/mol. The first-order valence-corrected chi connectivity index (χ1v) is 8.80. The smallest absolute Gasteiger partial charge is 0.264 e. The summed E-state index contributed by atoms with van der Waals surface area (Å²) in [6, 6.07) is 0. The summed E-state index contributed by atoms with van der Waals surface area (Å²) < 4.78 is 10.5. The second-order valence-electron chi connectivity index (χ2n) is 5.71. The second-order valence-corrected chi connectivity index (χ2v) is 6.71. The fraction of sp³-hybridized carbons (Fsp3) is 0.562. The highest BCUT2D eigenvalue weighted by Crippen LogP contribution is 2.35. The van der Waals surface area contributed by atoms with Crippen LogP contribution in [0.2, 0.25) is 0 Å². The first kappa shape index (κ1) is 19.8. The van der Waals surface area contributed by atoms with Crippen LogP contribution in [0, 0.1) is 6.92 Å². The van der Waals surface area contributed by atoms with Gasteiger partial charge in [0.1, 0.15) is 11.4 Å². The van der Waals surface area contributed by atoms with Crippen molar-refractivity contribution < 1.29 is 14.3 Å². The van der Waals surface area contributed by atoms with Crippen molar-refractivity contribution in [3.05, 3.63) is 16.3 Å². The van der Waals surface area contributed by atoms with Crippen LogP contribution in [0.15, 0.2) is 0 Å². The molecule has 138 valence electrons. The number of thiophene rings is 1. The predicted octanol–water partition coefficient (Wildman–Crippen LogP) is 2.01. The SMILES string of the molecule is COCc1nc(OC)c2c(C)c(C(=O)N3CCCNCC3)sc2n1.Cl. The summed E-state index contributed by atoms with van der Waals surface area (Å²) >= 11 is 1.40. The van der Waals surface area contributed by atoms with E-state index in [1.807, 2.05) is 11.8 Å². The summed E-state index contributed by atoms with van der Waals surface area (Å²) in [5.74, 6) is 1.12. The molecule has 9 heteroatoms. The minimum Gasteiger partial charge on any atom is -0.480 e. The molecule has 0 unspecified atom stereocenters. The van der Waals surface area contributed by atoms with Crippen LogP contribution in [-0.2, 0) is 11.3 Å². The maximum atomic E-state index is 12.9. The number of amides is 1. The quantitative estimate of drug-likeness (QED) is 0.866. The molecule has 0 spiro atoms. The van der Waals surface area contributed by atoms with Gasteiger partial charge in [0.05, 0.1) is 17.4 Å². The number of carbonyl (C=O) groups excluding carboxylic acids is 1. The molecule has 3 heterocycles. The summed E-state index contributed by atoms with van der Waals surface area (Å²) in [6.07, 6.45) is 0.969. The van der Waals surface area contributed by atoms with E-state index < -0.39 is 0 Å². The number of halogens is 1. The number of ether oxygens (including phenoxy) is 2. The van der Waals surface area contributed by atoms with Crippen LogP contribution >= 0.6 is 23.7 Å². The number of nitrogens with one attached hydrogen (secondary N) is 1. The van der Waals surface area contributed by atoms with Crippen LogP contribution < -0.4 is 10.1 Å². The summed E-state index contributed by atoms with van der Waals surface area (Å²) in [7, 11) is 3.18. The average molecular weight is 387 g/mol. The first-order chi connectivity index (χ1) is 11.7. The van der Waals surface area contributed by atoms with Gasteiger partial charge in [-0.15, -0.1) is 23.7 Å². The van der Waals surface area contributed by atoms with Gasteiger partial charge < -0.3 is 19.7 Å². The van der Waals surface area contributed by atoms with E-state index in [9.17, 15) is 4.79 Å². The average Bonchev–Trinajstić information content (AvgIpc) is 2.78. The minimum atomic E-state index is 0. The molecule has 2 aromatic rings. The van der Waals surface area contributed by atoms with Gasteiger partial charge >= 0.3 is 0 Å². The van der Waals surface area contributed by atoms with Gasteiger partial charge in [-0.05, 0) is 25.5 Å². The van der Waals surface area contributed by atoms with Crippen LogP contribution in [0.1, 0.15) is 27.5 Å². The molecule has 0 radical (unpaired) electrons. The van der Waals surface area contributed by atoms with Crippen molar-refractivity contribution in [2.75, 3.05) is 40.4 Å². The maximum absolute atomic E-state index is 12.9. The van der Waals surface area contributed by atoms with Crippen molar-refractivity contribution in [3.8, 4) is 5.88 Å². The van der Waals surface area contributed by atoms with Gasteiger partial charge in [-0.3, -0.25) is 4.79 Å². The van der Waals surface area contributed by atoms with E-state index >= 15 is 0 Å². The highest BCUT2D eigenvalue weighted by atomic mass is 35.5. The van der Waals surface area contributed by atoms with E-state index in [1.54, 1.807) is 14.2 Å². The van der Waals surface area contributed by atoms with Gasteiger partial charge in [0.25, 0.3) is 5.91 Å². The summed E-state index contributed by atoms with van der Waals surface area (Å²) in [5, 5.41) is 4.14. The number of carbonyl (C=O) groups is 1. The molecule has 1 N–H and O–H groups in total. The van der Waals surface area contributed by atoms with E-state index in [0.717, 1.165) is 48.4 Å². The Morgan fingerprint density at radius 1 is 1.28 bits per heavy atom. The topological polar surface area (TPSA) is 76.6 Å². The fourth-order valence-corrected chi connectivity index (χ4v) is 4.04. The van der Waals surface area contributed by atoms with Crippen molar-refractivity contribution in [3.63, 3.8) is 0 Å². The number of aryl methyl sites for hydroxylation is 1. The van der Waals surface area contributed by atoms with Crippen LogP contribution in [0.3, 0.4) is 0 Å².